The highest BCUT2D eigenvalue weighted by molar-refractivity contribution is 5.76. The van der Waals surface area contributed by atoms with E-state index >= 15 is 0 Å². The van der Waals surface area contributed by atoms with Crippen LogP contribution in [0.4, 0.5) is 0 Å². The number of allylic oxidation sites excluding steroid dienone is 7. The van der Waals surface area contributed by atoms with Gasteiger partial charge in [0.15, 0.2) is 6.29 Å². The first kappa shape index (κ1) is 87.6. The van der Waals surface area contributed by atoms with E-state index in [0.29, 0.717) is 19.4 Å². The molecule has 1 aliphatic heterocycles. The van der Waals surface area contributed by atoms with Crippen molar-refractivity contribution in [3.63, 3.8) is 0 Å². The van der Waals surface area contributed by atoms with Gasteiger partial charge < -0.3 is 45.1 Å². The van der Waals surface area contributed by atoms with E-state index in [1.807, 2.05) is 6.08 Å². The molecule has 7 atom stereocenters. The molecule has 1 fully saturated rings. The number of carbonyl (C=O) groups is 2. The lowest BCUT2D eigenvalue weighted by molar-refractivity contribution is -0.302. The minimum absolute atomic E-state index is 0.0145. The van der Waals surface area contributed by atoms with Crippen molar-refractivity contribution in [3.8, 4) is 0 Å². The molecule has 1 heterocycles. The van der Waals surface area contributed by atoms with E-state index in [2.05, 4.69) is 55.6 Å². The van der Waals surface area contributed by atoms with Crippen LogP contribution in [0.3, 0.4) is 0 Å². The van der Waals surface area contributed by atoms with Gasteiger partial charge in [0.05, 0.1) is 32.0 Å². The molecular formula is C81H151NO10. The van der Waals surface area contributed by atoms with Crippen LogP contribution in [0.5, 0.6) is 0 Å². The Balaban J connectivity index is 1.93. The predicted molar refractivity (Wildman–Crippen MR) is 389 cm³/mol. The van der Waals surface area contributed by atoms with Crippen LogP contribution in [0.1, 0.15) is 393 Å². The molecule has 11 heteroatoms. The topological polar surface area (TPSA) is 175 Å². The zero-order valence-corrected chi connectivity index (χ0v) is 60.3. The van der Waals surface area contributed by atoms with Crippen LogP contribution in [0.2, 0.25) is 0 Å². The van der Waals surface area contributed by atoms with Gasteiger partial charge in [-0.3, -0.25) is 9.59 Å². The molecule has 540 valence electrons. The summed E-state index contributed by atoms with van der Waals surface area (Å²) in [6, 6.07) is -0.826. The van der Waals surface area contributed by atoms with E-state index in [-0.39, 0.29) is 18.5 Å². The van der Waals surface area contributed by atoms with Crippen LogP contribution >= 0.6 is 0 Å². The molecule has 0 bridgehead atoms. The maximum Gasteiger partial charge on any atom is 0.305 e. The van der Waals surface area contributed by atoms with Crippen molar-refractivity contribution in [2.75, 3.05) is 19.8 Å². The van der Waals surface area contributed by atoms with Gasteiger partial charge in [-0.15, -0.1) is 0 Å². The third kappa shape index (κ3) is 57.8. The number of aliphatic hydroxyl groups excluding tert-OH is 5. The fourth-order valence-electron chi connectivity index (χ4n) is 12.7. The lowest BCUT2D eigenvalue weighted by atomic mass is 9.99. The van der Waals surface area contributed by atoms with Crippen LogP contribution in [-0.2, 0) is 23.8 Å². The second kappa shape index (κ2) is 70.0. The summed E-state index contributed by atoms with van der Waals surface area (Å²) in [5.41, 5.74) is 0. The second-order valence-corrected chi connectivity index (χ2v) is 27.8. The summed E-state index contributed by atoms with van der Waals surface area (Å²) < 4.78 is 16.7. The molecule has 1 rings (SSSR count). The maximum absolute atomic E-state index is 13.1. The second-order valence-electron chi connectivity index (χ2n) is 27.8. The zero-order chi connectivity index (χ0) is 66.5. The largest absolute Gasteiger partial charge is 0.466 e. The number of aliphatic hydroxyl groups is 5. The molecule has 0 aromatic heterocycles. The van der Waals surface area contributed by atoms with Crippen LogP contribution in [0, 0.1) is 0 Å². The van der Waals surface area contributed by atoms with Crippen molar-refractivity contribution >= 4 is 11.9 Å². The molecule has 11 nitrogen and oxygen atoms in total. The molecular weight excluding hydrogens is 1150 g/mol. The number of unbranched alkanes of at least 4 members (excludes halogenated alkanes) is 51. The predicted octanol–water partition coefficient (Wildman–Crippen LogP) is 21.5. The molecule has 1 saturated heterocycles. The minimum Gasteiger partial charge on any atom is -0.466 e. The molecule has 6 N–H and O–H groups in total. The SMILES string of the molecule is CCCCCCCCCC/C=C/CC/C=C/C(O)C(COC1OC(CO)C(O)C(O)C1O)NC(=O)CCCCCCCCCCCCCCCCCCC/C=C\C/C=C\CCCCCCCCCCCCCCCCCOC(=O)CCCCCCCCCCCCC. The number of hydrogen-bond donors (Lipinski definition) is 6. The molecule has 7 unspecified atom stereocenters. The van der Waals surface area contributed by atoms with Gasteiger partial charge in [0.25, 0.3) is 0 Å². The Morgan fingerprint density at radius 3 is 1.14 bits per heavy atom. The molecule has 0 spiro atoms. The van der Waals surface area contributed by atoms with Crippen LogP contribution in [0.25, 0.3) is 0 Å². The summed E-state index contributed by atoms with van der Waals surface area (Å²) in [6.07, 6.45) is 82.9. The highest BCUT2D eigenvalue weighted by atomic mass is 16.7. The van der Waals surface area contributed by atoms with E-state index in [1.54, 1.807) is 6.08 Å². The highest BCUT2D eigenvalue weighted by Crippen LogP contribution is 2.24. The number of ether oxygens (including phenoxy) is 3. The Kier molecular flexibility index (Phi) is 66.6. The number of hydrogen-bond acceptors (Lipinski definition) is 10. The van der Waals surface area contributed by atoms with Gasteiger partial charge in [-0.05, 0) is 77.0 Å². The third-order valence-electron chi connectivity index (χ3n) is 18.9. The van der Waals surface area contributed by atoms with E-state index in [1.165, 1.54) is 308 Å². The van der Waals surface area contributed by atoms with E-state index in [4.69, 9.17) is 14.2 Å². The summed E-state index contributed by atoms with van der Waals surface area (Å²) in [4.78, 5) is 25.1. The molecule has 0 radical (unpaired) electrons. The van der Waals surface area contributed by atoms with Gasteiger partial charge in [0.1, 0.15) is 24.4 Å². The molecule has 1 aliphatic rings. The highest BCUT2D eigenvalue weighted by Gasteiger charge is 2.44. The first-order valence-electron chi connectivity index (χ1n) is 39.9. The summed E-state index contributed by atoms with van der Waals surface area (Å²) in [6.45, 7) is 4.37. The average molecular weight is 1300 g/mol. The number of nitrogens with one attached hydrogen (secondary N) is 1. The summed E-state index contributed by atoms with van der Waals surface area (Å²) in [7, 11) is 0. The Labute approximate surface area is 567 Å². The minimum atomic E-state index is -1.58. The van der Waals surface area contributed by atoms with Gasteiger partial charge in [0, 0.05) is 12.8 Å². The standard InChI is InChI=1S/C81H151NO10/c1-3-5-7-9-11-13-15-16-44-48-51-55-59-63-67-74(84)73(72-91-81-80(89)79(88)78(87)75(71-83)92-81)82-76(85)68-64-60-56-52-49-45-42-40-38-36-34-32-30-28-26-24-22-20-18-17-19-21-23-25-27-29-31-33-35-37-39-41-43-46-50-54-58-62-66-70-90-77(86)69-65-61-57-53-47-14-12-10-8-6-4-2/h17-18,21,23,48,51,63,67,73-75,78-81,83-84,87-89H,3-16,19-20,22,24-47,49-50,52-62,64-66,68-72H2,1-2H3,(H,82,85)/b18-17-,23-21-,51-48+,67-63+. The quantitative estimate of drug-likeness (QED) is 0.0195. The van der Waals surface area contributed by atoms with Crippen molar-refractivity contribution in [2.45, 2.75) is 436 Å². The number of amides is 1. The van der Waals surface area contributed by atoms with Gasteiger partial charge in [0.2, 0.25) is 5.91 Å². The molecule has 0 saturated carbocycles. The number of esters is 1. The first-order chi connectivity index (χ1) is 45.2. The van der Waals surface area contributed by atoms with Gasteiger partial charge in [-0.2, -0.15) is 0 Å². The number of carbonyl (C=O) groups excluding carboxylic acids is 2. The van der Waals surface area contributed by atoms with Crippen LogP contribution in [-0.4, -0.2) is 100 Å². The third-order valence-corrected chi connectivity index (χ3v) is 18.9. The van der Waals surface area contributed by atoms with Crippen LogP contribution in [0.15, 0.2) is 48.6 Å². The normalized spacial score (nSPS) is 17.8. The van der Waals surface area contributed by atoms with Crippen LogP contribution < -0.4 is 5.32 Å². The van der Waals surface area contributed by atoms with E-state index in [0.717, 1.165) is 57.8 Å². The summed E-state index contributed by atoms with van der Waals surface area (Å²) in [5.74, 6) is -0.172. The van der Waals surface area contributed by atoms with E-state index in [9.17, 15) is 35.1 Å². The molecule has 0 aliphatic carbocycles. The summed E-state index contributed by atoms with van der Waals surface area (Å²) in [5, 5.41) is 54.6. The lowest BCUT2D eigenvalue weighted by Gasteiger charge is -2.40. The smallest absolute Gasteiger partial charge is 0.305 e. The van der Waals surface area contributed by atoms with Gasteiger partial charge in [-0.1, -0.05) is 351 Å². The lowest BCUT2D eigenvalue weighted by Crippen LogP contribution is -2.60. The Bertz CT molecular complexity index is 1670. The molecule has 1 amide bonds. The molecule has 0 aromatic carbocycles. The molecule has 92 heavy (non-hydrogen) atoms. The van der Waals surface area contributed by atoms with Crippen molar-refractivity contribution in [2.24, 2.45) is 0 Å². The molecule has 0 aromatic rings. The Morgan fingerprint density at radius 2 is 0.739 bits per heavy atom. The van der Waals surface area contributed by atoms with Crippen molar-refractivity contribution < 1.29 is 49.3 Å². The zero-order valence-electron chi connectivity index (χ0n) is 60.3. The number of rotatable bonds is 71. The monoisotopic (exact) mass is 1300 g/mol. The summed E-state index contributed by atoms with van der Waals surface area (Å²) >= 11 is 0. The fourth-order valence-corrected chi connectivity index (χ4v) is 12.7. The van der Waals surface area contributed by atoms with Crippen molar-refractivity contribution in [1.82, 2.24) is 5.32 Å². The maximum atomic E-state index is 13.1. The Hall–Kier alpha value is -2.38. The van der Waals surface area contributed by atoms with Gasteiger partial charge >= 0.3 is 5.97 Å². The van der Waals surface area contributed by atoms with E-state index < -0.39 is 49.5 Å². The van der Waals surface area contributed by atoms with Gasteiger partial charge in [-0.25, -0.2) is 0 Å². The van der Waals surface area contributed by atoms with Crippen molar-refractivity contribution in [3.05, 3.63) is 48.6 Å². The van der Waals surface area contributed by atoms with Crippen molar-refractivity contribution in [1.29, 1.82) is 0 Å². The fraction of sp³-hybridized carbons (Fsp3) is 0.877. The Morgan fingerprint density at radius 1 is 0.402 bits per heavy atom. The first-order valence-corrected chi connectivity index (χ1v) is 39.9. The average Bonchev–Trinajstić information content (AvgIpc) is 1.10.